The summed E-state index contributed by atoms with van der Waals surface area (Å²) in [4.78, 5) is 28.4. The first kappa shape index (κ1) is 18.0. The van der Waals surface area contributed by atoms with Gasteiger partial charge in [0, 0.05) is 18.3 Å². The van der Waals surface area contributed by atoms with Crippen LogP contribution in [0.25, 0.3) is 0 Å². The Morgan fingerprint density at radius 3 is 2.58 bits per heavy atom. The topological polar surface area (TPSA) is 71.1 Å². The first-order valence-electron chi connectivity index (χ1n) is 7.18. The lowest BCUT2D eigenvalue weighted by molar-refractivity contribution is -0.121. The molecule has 0 aliphatic heterocycles. The van der Waals surface area contributed by atoms with Crippen LogP contribution in [0, 0.1) is 6.92 Å². The number of thiocarbonyl (C=S) groups is 1. The molecule has 0 saturated heterocycles. The van der Waals surface area contributed by atoms with E-state index < -0.39 is 17.7 Å². The third-order valence-corrected chi connectivity index (χ3v) is 4.01. The summed E-state index contributed by atoms with van der Waals surface area (Å²) >= 11 is 11.2. The summed E-state index contributed by atoms with van der Waals surface area (Å²) in [5.74, 6) is -1.77. The maximum absolute atomic E-state index is 12.8. The largest absolute Gasteiger partial charge is 0.353 e. The van der Waals surface area contributed by atoms with E-state index in [0.29, 0.717) is 16.3 Å². The van der Waals surface area contributed by atoms with Crippen molar-refractivity contribution in [1.29, 1.82) is 0 Å². The number of aryl methyl sites for hydroxylation is 1. The van der Waals surface area contributed by atoms with Crippen molar-refractivity contribution in [2.24, 2.45) is 0 Å². The molecule has 7 heteroatoms. The van der Waals surface area contributed by atoms with Crippen LogP contribution in [0.15, 0.2) is 42.6 Å². The minimum atomic E-state index is -0.777. The highest BCUT2D eigenvalue weighted by molar-refractivity contribution is 7.82. The molecule has 0 bridgehead atoms. The van der Waals surface area contributed by atoms with Crippen LogP contribution in [-0.2, 0) is 9.59 Å². The molecular weight excluding hydrogens is 346 g/mol. The van der Waals surface area contributed by atoms with Gasteiger partial charge in [0.05, 0.1) is 5.69 Å². The van der Waals surface area contributed by atoms with Crippen molar-refractivity contribution in [2.45, 2.75) is 12.8 Å². The second-order valence-electron chi connectivity index (χ2n) is 5.11. The van der Waals surface area contributed by atoms with Gasteiger partial charge in [-0.15, -0.1) is 0 Å². The standard InChI is InChI=1S/C17H16ClN3O2S/c1-10-7-8-20-13(9-10)14(11-5-3-4-6-12(11)18)15(22)21-17(24)16(23)19-2/h3-9,14H,1-2H3,(H,19,23)(H,21,22,24). The van der Waals surface area contributed by atoms with Crippen molar-refractivity contribution in [2.75, 3.05) is 7.05 Å². The van der Waals surface area contributed by atoms with Gasteiger partial charge in [0.1, 0.15) is 5.92 Å². The zero-order chi connectivity index (χ0) is 17.7. The molecule has 2 rings (SSSR count). The van der Waals surface area contributed by atoms with E-state index in [9.17, 15) is 9.59 Å². The third kappa shape index (κ3) is 4.15. The fourth-order valence-electron chi connectivity index (χ4n) is 2.22. The number of halogens is 1. The van der Waals surface area contributed by atoms with Crippen molar-refractivity contribution < 1.29 is 9.59 Å². The second kappa shape index (κ2) is 7.99. The molecule has 24 heavy (non-hydrogen) atoms. The van der Waals surface area contributed by atoms with Crippen molar-refractivity contribution in [3.8, 4) is 0 Å². The van der Waals surface area contributed by atoms with E-state index in [1.54, 1.807) is 36.5 Å². The molecule has 2 aromatic rings. The number of rotatable bonds is 3. The zero-order valence-electron chi connectivity index (χ0n) is 13.2. The molecule has 0 aliphatic rings. The molecule has 0 aliphatic carbocycles. The smallest absolute Gasteiger partial charge is 0.278 e. The molecule has 5 nitrogen and oxygen atoms in total. The number of aromatic nitrogens is 1. The van der Waals surface area contributed by atoms with E-state index in [0.717, 1.165) is 5.56 Å². The van der Waals surface area contributed by atoms with Gasteiger partial charge in [0.2, 0.25) is 5.91 Å². The second-order valence-corrected chi connectivity index (χ2v) is 5.93. The van der Waals surface area contributed by atoms with Crippen LogP contribution in [0.1, 0.15) is 22.7 Å². The predicted molar refractivity (Wildman–Crippen MR) is 97.1 cm³/mol. The Balaban J connectivity index is 2.44. The zero-order valence-corrected chi connectivity index (χ0v) is 14.7. The lowest BCUT2D eigenvalue weighted by Gasteiger charge is -2.18. The molecule has 1 unspecified atom stereocenters. The summed E-state index contributed by atoms with van der Waals surface area (Å²) in [6.07, 6.45) is 1.62. The first-order chi connectivity index (χ1) is 11.4. The Bertz CT molecular complexity index is 795. The molecule has 1 aromatic heterocycles. The number of carbonyl (C=O) groups excluding carboxylic acids is 2. The summed E-state index contributed by atoms with van der Waals surface area (Å²) in [5.41, 5.74) is 2.08. The van der Waals surface area contributed by atoms with Gasteiger partial charge in [-0.2, -0.15) is 0 Å². The minimum absolute atomic E-state index is 0.202. The van der Waals surface area contributed by atoms with Gasteiger partial charge >= 0.3 is 0 Å². The van der Waals surface area contributed by atoms with Gasteiger partial charge < -0.3 is 10.6 Å². The van der Waals surface area contributed by atoms with Gasteiger partial charge in [-0.25, -0.2) is 0 Å². The lowest BCUT2D eigenvalue weighted by atomic mass is 9.93. The summed E-state index contributed by atoms with van der Waals surface area (Å²) in [7, 11) is 1.44. The molecule has 0 radical (unpaired) electrons. The Morgan fingerprint density at radius 2 is 1.96 bits per heavy atom. The van der Waals surface area contributed by atoms with E-state index in [2.05, 4.69) is 15.6 Å². The molecule has 2 N–H and O–H groups in total. The highest BCUT2D eigenvalue weighted by Gasteiger charge is 2.27. The maximum atomic E-state index is 12.8. The SMILES string of the molecule is CNC(=O)C(=S)NC(=O)C(c1cc(C)ccn1)c1ccccc1Cl. The Kier molecular flexibility index (Phi) is 6.00. The van der Waals surface area contributed by atoms with Crippen LogP contribution in [0.3, 0.4) is 0 Å². The number of benzene rings is 1. The van der Waals surface area contributed by atoms with Crippen LogP contribution in [0.2, 0.25) is 5.02 Å². The average Bonchev–Trinajstić information content (AvgIpc) is 2.56. The monoisotopic (exact) mass is 361 g/mol. The van der Waals surface area contributed by atoms with Crippen molar-refractivity contribution in [3.63, 3.8) is 0 Å². The number of likely N-dealkylation sites (N-methyl/N-ethyl adjacent to an activating group) is 1. The van der Waals surface area contributed by atoms with E-state index in [1.807, 2.05) is 13.0 Å². The Labute approximate surface area is 150 Å². The molecular formula is C17H16ClN3O2S. The summed E-state index contributed by atoms with van der Waals surface area (Å²) in [6.45, 7) is 1.90. The molecule has 0 fully saturated rings. The summed E-state index contributed by atoms with van der Waals surface area (Å²) < 4.78 is 0. The summed E-state index contributed by atoms with van der Waals surface area (Å²) in [6, 6.07) is 10.6. The molecule has 2 amide bonds. The molecule has 0 saturated carbocycles. The normalized spacial score (nSPS) is 11.5. The number of nitrogens with zero attached hydrogens (tertiary/aromatic N) is 1. The molecule has 1 heterocycles. The molecule has 1 atom stereocenters. The minimum Gasteiger partial charge on any atom is -0.353 e. The first-order valence-corrected chi connectivity index (χ1v) is 7.96. The van der Waals surface area contributed by atoms with Crippen LogP contribution in [-0.4, -0.2) is 28.8 Å². The van der Waals surface area contributed by atoms with Gasteiger partial charge in [-0.3, -0.25) is 14.6 Å². The average molecular weight is 362 g/mol. The quantitative estimate of drug-likeness (QED) is 0.823. The number of nitrogens with one attached hydrogen (secondary N) is 2. The van der Waals surface area contributed by atoms with Crippen LogP contribution < -0.4 is 10.6 Å². The van der Waals surface area contributed by atoms with Gasteiger partial charge in [-0.05, 0) is 36.2 Å². The molecule has 0 spiro atoms. The van der Waals surface area contributed by atoms with Crippen LogP contribution >= 0.6 is 23.8 Å². The number of amides is 2. The van der Waals surface area contributed by atoms with Crippen molar-refractivity contribution in [1.82, 2.24) is 15.6 Å². The van der Waals surface area contributed by atoms with E-state index in [1.165, 1.54) is 7.05 Å². The van der Waals surface area contributed by atoms with Crippen molar-refractivity contribution >= 4 is 40.6 Å². The summed E-state index contributed by atoms with van der Waals surface area (Å²) in [5, 5.41) is 5.27. The van der Waals surface area contributed by atoms with Gasteiger partial charge in [0.25, 0.3) is 5.91 Å². The lowest BCUT2D eigenvalue weighted by Crippen LogP contribution is -2.42. The Hall–Kier alpha value is -2.31. The van der Waals surface area contributed by atoms with Crippen molar-refractivity contribution in [3.05, 3.63) is 64.4 Å². The fourth-order valence-corrected chi connectivity index (χ4v) is 2.66. The van der Waals surface area contributed by atoms with Crippen LogP contribution in [0.4, 0.5) is 0 Å². The fraction of sp³-hybridized carbons (Fsp3) is 0.176. The number of carbonyl (C=O) groups is 2. The number of pyridine rings is 1. The number of hydrogen-bond acceptors (Lipinski definition) is 4. The van der Waals surface area contributed by atoms with Gasteiger partial charge in [-0.1, -0.05) is 42.0 Å². The van der Waals surface area contributed by atoms with E-state index in [-0.39, 0.29) is 4.99 Å². The Morgan fingerprint density at radius 1 is 1.25 bits per heavy atom. The maximum Gasteiger partial charge on any atom is 0.278 e. The highest BCUT2D eigenvalue weighted by Crippen LogP contribution is 2.29. The van der Waals surface area contributed by atoms with E-state index >= 15 is 0 Å². The van der Waals surface area contributed by atoms with E-state index in [4.69, 9.17) is 23.8 Å². The number of hydrogen-bond donors (Lipinski definition) is 2. The predicted octanol–water partition coefficient (Wildman–Crippen LogP) is 2.36. The third-order valence-electron chi connectivity index (χ3n) is 3.38. The molecule has 1 aromatic carbocycles. The van der Waals surface area contributed by atoms with Crippen LogP contribution in [0.5, 0.6) is 0 Å². The molecule has 124 valence electrons. The van der Waals surface area contributed by atoms with Gasteiger partial charge in [0.15, 0.2) is 4.99 Å². The highest BCUT2D eigenvalue weighted by atomic mass is 35.5.